The molecule has 0 bridgehead atoms. The lowest BCUT2D eigenvalue weighted by atomic mass is 9.95. The Morgan fingerprint density at radius 3 is 2.70 bits per heavy atom. The largest absolute Gasteiger partial charge is 0.399 e. The summed E-state index contributed by atoms with van der Waals surface area (Å²) >= 11 is 3.37. The Bertz CT molecular complexity index is 830. The quantitative estimate of drug-likeness (QED) is 0.439. The number of nitrogens with two attached hydrogens (primary N) is 1. The molecule has 0 unspecified atom stereocenters. The van der Waals surface area contributed by atoms with Crippen LogP contribution in [0.1, 0.15) is 21.5 Å². The Balaban J connectivity index is 1.87. The molecule has 23 heavy (non-hydrogen) atoms. The number of hydrogen-bond donors (Lipinski definition) is 3. The van der Waals surface area contributed by atoms with Crippen LogP contribution < -0.4 is 16.4 Å². The molecule has 1 aliphatic rings. The fraction of sp³-hybridized carbons (Fsp3) is 0.0588. The Morgan fingerprint density at radius 2 is 1.91 bits per heavy atom. The van der Waals surface area contributed by atoms with E-state index < -0.39 is 5.91 Å². The van der Waals surface area contributed by atoms with E-state index in [9.17, 15) is 9.59 Å². The number of anilines is 1. The summed E-state index contributed by atoms with van der Waals surface area (Å²) in [6, 6.07) is 12.7. The first-order chi connectivity index (χ1) is 11.0. The maximum absolute atomic E-state index is 12.1. The van der Waals surface area contributed by atoms with Gasteiger partial charge in [-0.1, -0.05) is 28.1 Å². The summed E-state index contributed by atoms with van der Waals surface area (Å²) in [5.74, 6) is -0.800. The highest BCUT2D eigenvalue weighted by Gasteiger charge is 2.27. The second-order valence-electron chi connectivity index (χ2n) is 5.16. The van der Waals surface area contributed by atoms with E-state index in [1.165, 1.54) is 0 Å². The van der Waals surface area contributed by atoms with Crippen LogP contribution in [-0.2, 0) is 11.3 Å². The summed E-state index contributed by atoms with van der Waals surface area (Å²) in [5.41, 5.74) is 8.93. The number of benzene rings is 2. The van der Waals surface area contributed by atoms with Gasteiger partial charge in [-0.2, -0.15) is 0 Å². The van der Waals surface area contributed by atoms with Gasteiger partial charge in [0.05, 0.1) is 5.57 Å². The number of rotatable bonds is 3. The number of nitrogen functional groups attached to an aromatic ring is 1. The number of imide groups is 1. The zero-order chi connectivity index (χ0) is 16.4. The normalized spacial score (nSPS) is 15.3. The molecule has 3 rings (SSSR count). The SMILES string of the molecule is Nc1cccc(CN/C=C2\C(=O)NC(=O)c3ccc(Br)cc32)c1. The molecule has 5 nitrogen and oxygen atoms in total. The van der Waals surface area contributed by atoms with Crippen molar-refractivity contribution in [2.75, 3.05) is 5.73 Å². The van der Waals surface area contributed by atoms with Crippen molar-refractivity contribution in [2.45, 2.75) is 6.54 Å². The molecule has 1 aliphatic heterocycles. The minimum atomic E-state index is -0.416. The number of carbonyl (C=O) groups is 2. The van der Waals surface area contributed by atoms with Crippen LogP contribution in [0.2, 0.25) is 0 Å². The Morgan fingerprint density at radius 1 is 1.09 bits per heavy atom. The van der Waals surface area contributed by atoms with Gasteiger partial charge in [-0.15, -0.1) is 0 Å². The summed E-state index contributed by atoms with van der Waals surface area (Å²) in [4.78, 5) is 24.0. The fourth-order valence-corrected chi connectivity index (χ4v) is 2.78. The van der Waals surface area contributed by atoms with Crippen molar-refractivity contribution in [3.05, 3.63) is 69.8 Å². The topological polar surface area (TPSA) is 84.2 Å². The zero-order valence-corrected chi connectivity index (χ0v) is 13.7. The first-order valence-electron chi connectivity index (χ1n) is 6.98. The smallest absolute Gasteiger partial charge is 0.260 e. The average molecular weight is 372 g/mol. The van der Waals surface area contributed by atoms with Crippen LogP contribution in [-0.4, -0.2) is 11.8 Å². The molecule has 2 aromatic carbocycles. The van der Waals surface area contributed by atoms with Gasteiger partial charge >= 0.3 is 0 Å². The molecular formula is C17H14BrN3O2. The van der Waals surface area contributed by atoms with Crippen LogP contribution in [0.4, 0.5) is 5.69 Å². The number of carbonyl (C=O) groups excluding carboxylic acids is 2. The molecule has 0 fully saturated rings. The lowest BCUT2D eigenvalue weighted by molar-refractivity contribution is -0.114. The van der Waals surface area contributed by atoms with Gasteiger partial charge in [0.1, 0.15) is 0 Å². The molecule has 116 valence electrons. The summed E-state index contributed by atoms with van der Waals surface area (Å²) < 4.78 is 0.806. The van der Waals surface area contributed by atoms with Crippen LogP contribution in [0.25, 0.3) is 5.57 Å². The molecule has 2 aromatic rings. The first kappa shape index (κ1) is 15.3. The Kier molecular flexibility index (Phi) is 4.16. The molecule has 0 spiro atoms. The van der Waals surface area contributed by atoms with Crippen molar-refractivity contribution >= 4 is 39.0 Å². The van der Waals surface area contributed by atoms with Gasteiger partial charge in [-0.3, -0.25) is 14.9 Å². The van der Waals surface area contributed by atoms with Crippen LogP contribution in [0.15, 0.2) is 53.1 Å². The first-order valence-corrected chi connectivity index (χ1v) is 7.77. The molecule has 0 radical (unpaired) electrons. The molecule has 0 saturated heterocycles. The lowest BCUT2D eigenvalue weighted by Crippen LogP contribution is -2.37. The molecule has 0 aliphatic carbocycles. The van der Waals surface area contributed by atoms with Gasteiger partial charge in [0, 0.05) is 34.0 Å². The molecule has 6 heteroatoms. The van der Waals surface area contributed by atoms with Crippen molar-refractivity contribution in [3.8, 4) is 0 Å². The van der Waals surface area contributed by atoms with Crippen LogP contribution in [0.5, 0.6) is 0 Å². The number of hydrogen-bond acceptors (Lipinski definition) is 4. The summed E-state index contributed by atoms with van der Waals surface area (Å²) in [6.07, 6.45) is 1.62. The molecule has 0 aromatic heterocycles. The molecular weight excluding hydrogens is 358 g/mol. The predicted molar refractivity (Wildman–Crippen MR) is 92.3 cm³/mol. The average Bonchev–Trinajstić information content (AvgIpc) is 2.50. The van der Waals surface area contributed by atoms with E-state index in [1.807, 2.05) is 24.3 Å². The van der Waals surface area contributed by atoms with Crippen molar-refractivity contribution in [2.24, 2.45) is 0 Å². The molecule has 4 N–H and O–H groups in total. The van der Waals surface area contributed by atoms with Gasteiger partial charge in [-0.25, -0.2) is 0 Å². The second kappa shape index (κ2) is 6.26. The van der Waals surface area contributed by atoms with Crippen molar-refractivity contribution in [1.29, 1.82) is 0 Å². The van der Waals surface area contributed by atoms with Crippen molar-refractivity contribution in [1.82, 2.24) is 10.6 Å². The van der Waals surface area contributed by atoms with E-state index in [0.29, 0.717) is 28.9 Å². The van der Waals surface area contributed by atoms with Crippen molar-refractivity contribution < 1.29 is 9.59 Å². The molecule has 2 amide bonds. The summed E-state index contributed by atoms with van der Waals surface area (Å²) in [6.45, 7) is 0.527. The van der Waals surface area contributed by atoms with Gasteiger partial charge < -0.3 is 11.1 Å². The van der Waals surface area contributed by atoms with E-state index in [1.54, 1.807) is 24.4 Å². The van der Waals surface area contributed by atoms with Crippen LogP contribution in [0, 0.1) is 0 Å². The van der Waals surface area contributed by atoms with Gasteiger partial charge in [0.25, 0.3) is 11.8 Å². The third-order valence-corrected chi connectivity index (χ3v) is 3.98. The van der Waals surface area contributed by atoms with Gasteiger partial charge in [0.15, 0.2) is 0 Å². The van der Waals surface area contributed by atoms with E-state index >= 15 is 0 Å². The highest BCUT2D eigenvalue weighted by atomic mass is 79.9. The van der Waals surface area contributed by atoms with Crippen molar-refractivity contribution in [3.63, 3.8) is 0 Å². The van der Waals surface area contributed by atoms with E-state index in [0.717, 1.165) is 10.0 Å². The molecule has 0 saturated carbocycles. The minimum Gasteiger partial charge on any atom is -0.399 e. The monoisotopic (exact) mass is 371 g/mol. The highest BCUT2D eigenvalue weighted by molar-refractivity contribution is 9.10. The minimum absolute atomic E-state index is 0.384. The third-order valence-electron chi connectivity index (χ3n) is 3.49. The number of amides is 2. The summed E-state index contributed by atoms with van der Waals surface area (Å²) in [7, 11) is 0. The Labute approximate surface area is 141 Å². The third kappa shape index (κ3) is 3.27. The Hall–Kier alpha value is -2.60. The van der Waals surface area contributed by atoms with E-state index in [-0.39, 0.29) is 5.91 Å². The molecule has 1 heterocycles. The maximum Gasteiger partial charge on any atom is 0.260 e. The number of fused-ring (bicyclic) bond motifs is 1. The van der Waals surface area contributed by atoms with Gasteiger partial charge in [0.2, 0.25) is 0 Å². The standard InChI is InChI=1S/C17H14BrN3O2/c18-11-4-5-13-14(7-11)15(17(23)21-16(13)22)9-20-8-10-2-1-3-12(19)6-10/h1-7,9,20H,8,19H2,(H,21,22,23)/b15-9-. The maximum atomic E-state index is 12.1. The van der Waals surface area contributed by atoms with E-state index in [4.69, 9.17) is 5.73 Å². The van der Waals surface area contributed by atoms with E-state index in [2.05, 4.69) is 26.6 Å². The number of halogens is 1. The highest BCUT2D eigenvalue weighted by Crippen LogP contribution is 2.26. The predicted octanol–water partition coefficient (Wildman–Crippen LogP) is 2.43. The second-order valence-corrected chi connectivity index (χ2v) is 6.07. The fourth-order valence-electron chi connectivity index (χ4n) is 2.41. The summed E-state index contributed by atoms with van der Waals surface area (Å²) in [5, 5.41) is 5.44. The zero-order valence-electron chi connectivity index (χ0n) is 12.1. The molecule has 0 atom stereocenters. The van der Waals surface area contributed by atoms with Crippen LogP contribution >= 0.6 is 15.9 Å². The van der Waals surface area contributed by atoms with Gasteiger partial charge in [-0.05, 0) is 35.9 Å². The van der Waals surface area contributed by atoms with Crippen LogP contribution in [0.3, 0.4) is 0 Å². The number of nitrogens with one attached hydrogen (secondary N) is 2. The lowest BCUT2D eigenvalue weighted by Gasteiger charge is -2.18.